The van der Waals surface area contributed by atoms with Gasteiger partial charge >= 0.3 is 11.9 Å². The SMILES string of the molecule is C=CC(=O)OCc1ccc2c3c(ccc2c1)OCC(C1CCC(CCC)CC1)COc1ccc2cc(COC(=O)C=C)ccc2c1-3. The summed E-state index contributed by atoms with van der Waals surface area (Å²) in [7, 11) is 0. The molecule has 1 aliphatic heterocycles. The van der Waals surface area contributed by atoms with Crippen LogP contribution in [-0.2, 0) is 32.3 Å². The van der Waals surface area contributed by atoms with Crippen LogP contribution < -0.4 is 9.47 Å². The monoisotopic (exact) mass is 618 g/mol. The third kappa shape index (κ3) is 6.81. The molecule has 0 spiro atoms. The van der Waals surface area contributed by atoms with E-state index in [0.29, 0.717) is 19.1 Å². The largest absolute Gasteiger partial charge is 0.492 e. The second-order valence-corrected chi connectivity index (χ2v) is 12.6. The number of esters is 2. The van der Waals surface area contributed by atoms with Crippen LogP contribution in [0.15, 0.2) is 86.0 Å². The van der Waals surface area contributed by atoms with Gasteiger partial charge in [-0.15, -0.1) is 0 Å². The Morgan fingerprint density at radius 3 is 1.67 bits per heavy atom. The predicted molar refractivity (Wildman–Crippen MR) is 182 cm³/mol. The molecular formula is C40H42O6. The average molecular weight is 619 g/mol. The summed E-state index contributed by atoms with van der Waals surface area (Å²) in [5, 5.41) is 4.07. The van der Waals surface area contributed by atoms with Gasteiger partial charge in [-0.05, 0) is 81.6 Å². The van der Waals surface area contributed by atoms with E-state index in [2.05, 4.69) is 56.5 Å². The Bertz CT molecular complexity index is 1650. The van der Waals surface area contributed by atoms with Crippen LogP contribution in [0.1, 0.15) is 56.6 Å². The number of hydrogen-bond donors (Lipinski definition) is 0. The number of benzene rings is 4. The maximum Gasteiger partial charge on any atom is 0.330 e. The first kappa shape index (κ1) is 31.4. The summed E-state index contributed by atoms with van der Waals surface area (Å²) in [5.74, 6) is 2.45. The lowest BCUT2D eigenvalue weighted by molar-refractivity contribution is -0.139. The molecule has 4 aromatic carbocycles. The first-order valence-electron chi connectivity index (χ1n) is 16.4. The van der Waals surface area contributed by atoms with Crippen molar-refractivity contribution in [2.24, 2.45) is 17.8 Å². The standard InChI is InChI=1S/C40H42O6/c1-4-7-26-8-12-29(13-9-26)32-24-43-35-18-14-30-20-27(22-45-37(41)5-2)10-16-33(30)39(35)40-34-17-11-28(23-46-38(42)6-3)21-31(34)15-19-36(40)44-25-32/h5-6,10-11,14-21,26,29,32H,2-4,7-9,12-13,22-25H2,1H3. The Kier molecular flexibility index (Phi) is 9.72. The Morgan fingerprint density at radius 2 is 1.22 bits per heavy atom. The lowest BCUT2D eigenvalue weighted by Gasteiger charge is -2.33. The van der Waals surface area contributed by atoms with Crippen LogP contribution in [-0.4, -0.2) is 25.2 Å². The van der Waals surface area contributed by atoms with Crippen molar-refractivity contribution < 1.29 is 28.5 Å². The van der Waals surface area contributed by atoms with Gasteiger partial charge in [-0.3, -0.25) is 0 Å². The van der Waals surface area contributed by atoms with E-state index in [0.717, 1.165) is 61.2 Å². The number of hydrogen-bond acceptors (Lipinski definition) is 6. The normalized spacial score (nSPS) is 18.1. The minimum Gasteiger partial charge on any atom is -0.492 e. The second kappa shape index (κ2) is 14.2. The second-order valence-electron chi connectivity index (χ2n) is 12.6. The van der Waals surface area contributed by atoms with Gasteiger partial charge in [0.15, 0.2) is 0 Å². The number of ether oxygens (including phenoxy) is 4. The zero-order chi connectivity index (χ0) is 32.0. The Morgan fingerprint density at radius 1 is 0.717 bits per heavy atom. The summed E-state index contributed by atoms with van der Waals surface area (Å²) >= 11 is 0. The van der Waals surface area contributed by atoms with E-state index >= 15 is 0 Å². The van der Waals surface area contributed by atoms with E-state index in [9.17, 15) is 9.59 Å². The molecule has 1 aliphatic carbocycles. The van der Waals surface area contributed by atoms with Gasteiger partial charge in [0.2, 0.25) is 0 Å². The Labute approximate surface area is 271 Å². The van der Waals surface area contributed by atoms with Crippen molar-refractivity contribution in [3.8, 4) is 22.6 Å². The number of rotatable bonds is 9. The van der Waals surface area contributed by atoms with Gasteiger partial charge in [0.05, 0.1) is 13.2 Å². The first-order chi connectivity index (χ1) is 22.5. The van der Waals surface area contributed by atoms with Gasteiger partial charge in [0.1, 0.15) is 24.7 Å². The van der Waals surface area contributed by atoms with E-state index in [4.69, 9.17) is 18.9 Å². The van der Waals surface area contributed by atoms with Gasteiger partial charge in [-0.1, -0.05) is 82.2 Å². The molecule has 2 aliphatic rings. The molecule has 0 unspecified atom stereocenters. The maximum absolute atomic E-state index is 11.7. The molecule has 0 saturated heterocycles. The van der Waals surface area contributed by atoms with Gasteiger partial charge in [0.25, 0.3) is 0 Å². The van der Waals surface area contributed by atoms with Crippen LogP contribution >= 0.6 is 0 Å². The molecule has 6 rings (SSSR count). The van der Waals surface area contributed by atoms with Crippen LogP contribution in [0.5, 0.6) is 11.5 Å². The third-order valence-electron chi connectivity index (χ3n) is 9.60. The van der Waals surface area contributed by atoms with Crippen molar-refractivity contribution >= 4 is 33.5 Å². The van der Waals surface area contributed by atoms with Gasteiger partial charge < -0.3 is 18.9 Å². The molecule has 0 aromatic heterocycles. The van der Waals surface area contributed by atoms with Crippen molar-refractivity contribution in [1.29, 1.82) is 0 Å². The number of fused-ring (bicyclic) bond motifs is 7. The zero-order valence-corrected chi connectivity index (χ0v) is 26.6. The molecule has 1 heterocycles. The molecule has 6 nitrogen and oxygen atoms in total. The average Bonchev–Trinajstić information content (AvgIpc) is 3.17. The summed E-state index contributed by atoms with van der Waals surface area (Å²) in [5.41, 5.74) is 3.73. The lowest BCUT2D eigenvalue weighted by Crippen LogP contribution is -2.30. The molecule has 0 N–H and O–H groups in total. The highest BCUT2D eigenvalue weighted by molar-refractivity contribution is 6.10. The highest BCUT2D eigenvalue weighted by Gasteiger charge is 2.31. The van der Waals surface area contributed by atoms with E-state index in [1.165, 1.54) is 50.7 Å². The molecule has 46 heavy (non-hydrogen) atoms. The molecule has 0 bridgehead atoms. The van der Waals surface area contributed by atoms with Crippen molar-refractivity contribution in [2.75, 3.05) is 13.2 Å². The molecular weight excluding hydrogens is 576 g/mol. The first-order valence-corrected chi connectivity index (χ1v) is 16.4. The predicted octanol–water partition coefficient (Wildman–Crippen LogP) is 9.11. The fraction of sp³-hybridized carbons (Fsp3) is 0.350. The van der Waals surface area contributed by atoms with Gasteiger partial charge in [-0.2, -0.15) is 0 Å². The molecule has 4 aromatic rings. The molecule has 238 valence electrons. The maximum atomic E-state index is 11.7. The fourth-order valence-electron chi connectivity index (χ4n) is 7.15. The van der Waals surface area contributed by atoms with Crippen LogP contribution in [0.4, 0.5) is 0 Å². The topological polar surface area (TPSA) is 71.1 Å². The zero-order valence-electron chi connectivity index (χ0n) is 26.6. The summed E-state index contributed by atoms with van der Waals surface area (Å²) in [6.45, 7) is 10.8. The summed E-state index contributed by atoms with van der Waals surface area (Å²) < 4.78 is 24.1. The van der Waals surface area contributed by atoms with E-state index in [1.54, 1.807) is 0 Å². The molecule has 6 heteroatoms. The van der Waals surface area contributed by atoms with Crippen molar-refractivity contribution in [3.63, 3.8) is 0 Å². The molecule has 1 saturated carbocycles. The van der Waals surface area contributed by atoms with Crippen molar-refractivity contribution in [3.05, 3.63) is 97.1 Å². The van der Waals surface area contributed by atoms with Crippen LogP contribution in [0.2, 0.25) is 0 Å². The van der Waals surface area contributed by atoms with Crippen LogP contribution in [0.3, 0.4) is 0 Å². The summed E-state index contributed by atoms with van der Waals surface area (Å²) in [6.07, 6.45) is 9.92. The lowest BCUT2D eigenvalue weighted by atomic mass is 9.75. The van der Waals surface area contributed by atoms with Crippen molar-refractivity contribution in [1.82, 2.24) is 0 Å². The van der Waals surface area contributed by atoms with E-state index in [1.807, 2.05) is 24.3 Å². The van der Waals surface area contributed by atoms with Crippen LogP contribution in [0.25, 0.3) is 32.7 Å². The van der Waals surface area contributed by atoms with E-state index < -0.39 is 11.9 Å². The molecule has 0 radical (unpaired) electrons. The summed E-state index contributed by atoms with van der Waals surface area (Å²) in [6, 6.07) is 20.5. The van der Waals surface area contributed by atoms with Gasteiger partial charge in [0, 0.05) is 29.2 Å². The smallest absolute Gasteiger partial charge is 0.330 e. The highest BCUT2D eigenvalue weighted by Crippen LogP contribution is 2.47. The number of carbonyl (C=O) groups excluding carboxylic acids is 2. The third-order valence-corrected chi connectivity index (χ3v) is 9.60. The summed E-state index contributed by atoms with van der Waals surface area (Å²) in [4.78, 5) is 23.4. The van der Waals surface area contributed by atoms with Gasteiger partial charge in [-0.25, -0.2) is 9.59 Å². The van der Waals surface area contributed by atoms with Crippen molar-refractivity contribution in [2.45, 2.75) is 58.7 Å². The minimum absolute atomic E-state index is 0.165. The number of carbonyl (C=O) groups is 2. The molecule has 0 amide bonds. The van der Waals surface area contributed by atoms with E-state index in [-0.39, 0.29) is 19.1 Å². The highest BCUT2D eigenvalue weighted by atomic mass is 16.5. The Balaban J connectivity index is 1.42. The Hall–Kier alpha value is -4.58. The molecule has 0 atom stereocenters. The quantitative estimate of drug-likeness (QED) is 0.138. The molecule has 1 fully saturated rings. The van der Waals surface area contributed by atoms with Crippen LogP contribution in [0, 0.1) is 17.8 Å². The fourth-order valence-corrected chi connectivity index (χ4v) is 7.15. The minimum atomic E-state index is -0.451.